The molecule has 1 amide bonds. The SMILES string of the molecule is NCC1CCC(C(=O)N2CC(O)(C3CC3)C2)O1. The molecule has 1 saturated carbocycles. The molecule has 1 aliphatic carbocycles. The van der Waals surface area contributed by atoms with Gasteiger partial charge >= 0.3 is 0 Å². The molecule has 0 spiro atoms. The Balaban J connectivity index is 1.51. The second-order valence-electron chi connectivity index (χ2n) is 5.63. The molecule has 2 saturated heterocycles. The summed E-state index contributed by atoms with van der Waals surface area (Å²) >= 11 is 0. The van der Waals surface area contributed by atoms with Crippen molar-refractivity contribution < 1.29 is 14.6 Å². The lowest BCUT2D eigenvalue weighted by Gasteiger charge is -2.47. The number of amides is 1. The van der Waals surface area contributed by atoms with Gasteiger partial charge in [0.2, 0.25) is 0 Å². The lowest BCUT2D eigenvalue weighted by atomic mass is 9.88. The average molecular weight is 240 g/mol. The van der Waals surface area contributed by atoms with Crippen molar-refractivity contribution in [3.8, 4) is 0 Å². The van der Waals surface area contributed by atoms with Crippen molar-refractivity contribution in [3.05, 3.63) is 0 Å². The number of hydrogen-bond donors (Lipinski definition) is 2. The van der Waals surface area contributed by atoms with E-state index in [4.69, 9.17) is 10.5 Å². The highest BCUT2D eigenvalue weighted by atomic mass is 16.5. The highest BCUT2D eigenvalue weighted by Gasteiger charge is 2.54. The highest BCUT2D eigenvalue weighted by Crippen LogP contribution is 2.44. The van der Waals surface area contributed by atoms with Crippen LogP contribution in [0.2, 0.25) is 0 Å². The zero-order valence-corrected chi connectivity index (χ0v) is 9.97. The number of carbonyl (C=O) groups excluding carboxylic acids is 1. The number of nitrogens with two attached hydrogens (primary N) is 1. The van der Waals surface area contributed by atoms with Gasteiger partial charge in [-0.15, -0.1) is 0 Å². The molecule has 3 fully saturated rings. The standard InChI is InChI=1S/C12H20N2O3/c13-5-9-3-4-10(17-9)11(15)14-6-12(16,7-14)8-1-2-8/h8-10,16H,1-7,13H2. The van der Waals surface area contributed by atoms with E-state index < -0.39 is 5.60 Å². The molecule has 2 aliphatic heterocycles. The largest absolute Gasteiger partial charge is 0.386 e. The molecule has 2 unspecified atom stereocenters. The molecule has 0 bridgehead atoms. The number of aliphatic hydroxyl groups is 1. The van der Waals surface area contributed by atoms with Crippen LogP contribution in [0, 0.1) is 5.92 Å². The summed E-state index contributed by atoms with van der Waals surface area (Å²) in [5, 5.41) is 10.2. The Kier molecular flexibility index (Phi) is 2.65. The van der Waals surface area contributed by atoms with Gasteiger partial charge in [0.1, 0.15) is 11.7 Å². The Morgan fingerprint density at radius 3 is 2.59 bits per heavy atom. The van der Waals surface area contributed by atoms with Crippen LogP contribution < -0.4 is 5.73 Å². The van der Waals surface area contributed by atoms with Gasteiger partial charge in [0, 0.05) is 6.54 Å². The Labute approximate surface area is 101 Å². The molecule has 2 heterocycles. The molecule has 2 atom stereocenters. The molecule has 3 N–H and O–H groups in total. The fourth-order valence-electron chi connectivity index (χ4n) is 2.91. The predicted octanol–water partition coefficient (Wildman–Crippen LogP) is -0.524. The maximum Gasteiger partial charge on any atom is 0.251 e. The normalized spacial score (nSPS) is 35.8. The first-order chi connectivity index (χ1) is 8.12. The zero-order chi connectivity index (χ0) is 12.0. The first kappa shape index (κ1) is 11.4. The fraction of sp³-hybridized carbons (Fsp3) is 0.917. The summed E-state index contributed by atoms with van der Waals surface area (Å²) in [6.45, 7) is 1.46. The van der Waals surface area contributed by atoms with E-state index in [2.05, 4.69) is 0 Å². The second-order valence-corrected chi connectivity index (χ2v) is 5.63. The summed E-state index contributed by atoms with van der Waals surface area (Å²) in [5.74, 6) is 0.458. The van der Waals surface area contributed by atoms with Crippen molar-refractivity contribution in [1.82, 2.24) is 4.90 Å². The van der Waals surface area contributed by atoms with Crippen molar-refractivity contribution in [2.45, 2.75) is 43.5 Å². The van der Waals surface area contributed by atoms with Crippen LogP contribution in [0.15, 0.2) is 0 Å². The maximum absolute atomic E-state index is 12.1. The molecule has 0 aromatic carbocycles. The summed E-state index contributed by atoms with van der Waals surface area (Å²) < 4.78 is 5.58. The molecular weight excluding hydrogens is 220 g/mol. The first-order valence-corrected chi connectivity index (χ1v) is 6.49. The van der Waals surface area contributed by atoms with E-state index in [1.165, 1.54) is 0 Å². The monoisotopic (exact) mass is 240 g/mol. The van der Waals surface area contributed by atoms with Gasteiger partial charge < -0.3 is 20.5 Å². The maximum atomic E-state index is 12.1. The van der Waals surface area contributed by atoms with Crippen LogP contribution in [0.1, 0.15) is 25.7 Å². The number of rotatable bonds is 3. The summed E-state index contributed by atoms with van der Waals surface area (Å²) in [7, 11) is 0. The van der Waals surface area contributed by atoms with Crippen LogP contribution in [0.5, 0.6) is 0 Å². The van der Waals surface area contributed by atoms with Gasteiger partial charge in [0.15, 0.2) is 0 Å². The number of ether oxygens (including phenoxy) is 1. The summed E-state index contributed by atoms with van der Waals surface area (Å²) in [6, 6.07) is 0. The van der Waals surface area contributed by atoms with Crippen molar-refractivity contribution in [2.75, 3.05) is 19.6 Å². The number of hydrogen-bond acceptors (Lipinski definition) is 4. The molecule has 0 aromatic rings. The number of carbonyl (C=O) groups is 1. The van der Waals surface area contributed by atoms with Crippen LogP contribution in [0.25, 0.3) is 0 Å². The second kappa shape index (κ2) is 3.93. The van der Waals surface area contributed by atoms with Gasteiger partial charge in [-0.1, -0.05) is 0 Å². The molecule has 5 nitrogen and oxygen atoms in total. The Hall–Kier alpha value is -0.650. The van der Waals surface area contributed by atoms with Crippen LogP contribution in [-0.2, 0) is 9.53 Å². The molecular formula is C12H20N2O3. The van der Waals surface area contributed by atoms with Crippen molar-refractivity contribution in [3.63, 3.8) is 0 Å². The van der Waals surface area contributed by atoms with E-state index in [1.54, 1.807) is 4.90 Å². The van der Waals surface area contributed by atoms with Gasteiger partial charge in [0.25, 0.3) is 5.91 Å². The van der Waals surface area contributed by atoms with E-state index in [0.717, 1.165) is 25.7 Å². The molecule has 5 heteroatoms. The van der Waals surface area contributed by atoms with Crippen molar-refractivity contribution in [1.29, 1.82) is 0 Å². The van der Waals surface area contributed by atoms with Gasteiger partial charge in [-0.2, -0.15) is 0 Å². The topological polar surface area (TPSA) is 75.8 Å². The van der Waals surface area contributed by atoms with Gasteiger partial charge in [-0.3, -0.25) is 4.79 Å². The zero-order valence-electron chi connectivity index (χ0n) is 9.97. The molecule has 3 aliphatic rings. The molecule has 17 heavy (non-hydrogen) atoms. The van der Waals surface area contributed by atoms with E-state index in [-0.39, 0.29) is 18.1 Å². The number of likely N-dealkylation sites (tertiary alicyclic amines) is 1. The molecule has 0 radical (unpaired) electrons. The highest BCUT2D eigenvalue weighted by molar-refractivity contribution is 5.82. The third-order valence-electron chi connectivity index (χ3n) is 4.22. The Morgan fingerprint density at radius 2 is 2.06 bits per heavy atom. The minimum atomic E-state index is -0.596. The van der Waals surface area contributed by atoms with E-state index in [9.17, 15) is 9.90 Å². The summed E-state index contributed by atoms with van der Waals surface area (Å²) in [6.07, 6.45) is 3.55. The number of β-amino-alcohol motifs (C(OH)–C–C–N with tert-alkyl or cyclic N) is 1. The van der Waals surface area contributed by atoms with Crippen LogP contribution in [-0.4, -0.2) is 53.4 Å². The van der Waals surface area contributed by atoms with Gasteiger partial charge in [-0.05, 0) is 31.6 Å². The van der Waals surface area contributed by atoms with E-state index >= 15 is 0 Å². The van der Waals surface area contributed by atoms with E-state index in [1.807, 2.05) is 0 Å². The van der Waals surface area contributed by atoms with E-state index in [0.29, 0.717) is 25.6 Å². The molecule has 96 valence electrons. The van der Waals surface area contributed by atoms with Crippen molar-refractivity contribution in [2.24, 2.45) is 11.7 Å². The Bertz CT molecular complexity index is 324. The Morgan fingerprint density at radius 1 is 1.35 bits per heavy atom. The third kappa shape index (κ3) is 1.96. The third-order valence-corrected chi connectivity index (χ3v) is 4.22. The minimum absolute atomic E-state index is 0.0336. The minimum Gasteiger partial charge on any atom is -0.386 e. The average Bonchev–Trinajstić information content (AvgIpc) is 3.02. The van der Waals surface area contributed by atoms with Crippen LogP contribution >= 0.6 is 0 Å². The molecule has 0 aromatic heterocycles. The van der Waals surface area contributed by atoms with Gasteiger partial charge in [-0.25, -0.2) is 0 Å². The number of nitrogens with zero attached hydrogens (tertiary/aromatic N) is 1. The van der Waals surface area contributed by atoms with Crippen LogP contribution in [0.3, 0.4) is 0 Å². The van der Waals surface area contributed by atoms with Gasteiger partial charge in [0.05, 0.1) is 19.2 Å². The fourth-order valence-corrected chi connectivity index (χ4v) is 2.91. The summed E-state index contributed by atoms with van der Waals surface area (Å²) in [4.78, 5) is 13.8. The van der Waals surface area contributed by atoms with Crippen LogP contribution in [0.4, 0.5) is 0 Å². The quantitative estimate of drug-likeness (QED) is 0.696. The summed E-state index contributed by atoms with van der Waals surface area (Å²) in [5.41, 5.74) is 4.92. The lowest BCUT2D eigenvalue weighted by molar-refractivity contribution is -0.169. The van der Waals surface area contributed by atoms with Crippen molar-refractivity contribution >= 4 is 5.91 Å². The lowest BCUT2D eigenvalue weighted by Crippen LogP contribution is -2.66. The predicted molar refractivity (Wildman–Crippen MR) is 61.2 cm³/mol. The molecule has 3 rings (SSSR count). The smallest absolute Gasteiger partial charge is 0.251 e. The first-order valence-electron chi connectivity index (χ1n) is 6.49.